The van der Waals surface area contributed by atoms with E-state index >= 15 is 0 Å². The summed E-state index contributed by atoms with van der Waals surface area (Å²) in [4.78, 5) is 0. The van der Waals surface area contributed by atoms with Crippen molar-refractivity contribution < 1.29 is 28.5 Å². The minimum Gasteiger partial charge on any atom is -1.00 e. The highest BCUT2D eigenvalue weighted by molar-refractivity contribution is 5.12. The lowest BCUT2D eigenvalue weighted by molar-refractivity contribution is -0.672. The van der Waals surface area contributed by atoms with E-state index < -0.39 is 0 Å². The predicted molar refractivity (Wildman–Crippen MR) is 47.6 cm³/mol. The molecule has 2 nitrogen and oxygen atoms in total. The zero-order chi connectivity index (χ0) is 8.39. The number of pyridine rings is 1. The van der Waals surface area contributed by atoms with Gasteiger partial charge in [-0.05, 0) is 25.5 Å². The fourth-order valence-corrected chi connectivity index (χ4v) is 1.79. The van der Waals surface area contributed by atoms with E-state index in [-0.39, 0.29) is 24.0 Å². The standard InChI is InChI=1S/C10H15N2.HI/c1-12-7-3-4-9(8-12)10-5-2-6-11-10;/h3-4,7-8,10-11H,2,5-6H2,1H3;1H/q+1;/p-1. The number of aromatic nitrogens is 1. The molecule has 72 valence electrons. The van der Waals surface area contributed by atoms with Crippen molar-refractivity contribution in [3.05, 3.63) is 30.1 Å². The van der Waals surface area contributed by atoms with Crippen molar-refractivity contribution in [2.45, 2.75) is 18.9 Å². The van der Waals surface area contributed by atoms with E-state index in [9.17, 15) is 0 Å². The monoisotopic (exact) mass is 290 g/mol. The van der Waals surface area contributed by atoms with Crippen molar-refractivity contribution in [1.82, 2.24) is 5.32 Å². The van der Waals surface area contributed by atoms with E-state index in [2.05, 4.69) is 41.5 Å². The Morgan fingerprint density at radius 1 is 1.54 bits per heavy atom. The van der Waals surface area contributed by atoms with E-state index in [1.165, 1.54) is 24.9 Å². The molecule has 1 atom stereocenters. The molecule has 0 amide bonds. The SMILES string of the molecule is C[n+]1cccc(C2CCCN2)c1.[I-]. The van der Waals surface area contributed by atoms with Crippen LogP contribution < -0.4 is 33.9 Å². The zero-order valence-corrected chi connectivity index (χ0v) is 9.99. The van der Waals surface area contributed by atoms with Gasteiger partial charge in [-0.25, -0.2) is 4.57 Å². The van der Waals surface area contributed by atoms with Gasteiger partial charge in [0.1, 0.15) is 7.05 Å². The van der Waals surface area contributed by atoms with E-state index in [0.29, 0.717) is 6.04 Å². The first kappa shape index (κ1) is 10.9. The number of aryl methyl sites for hydroxylation is 1. The van der Waals surface area contributed by atoms with Gasteiger partial charge in [0, 0.05) is 17.7 Å². The lowest BCUT2D eigenvalue weighted by atomic mass is 10.1. The number of hydrogen-bond donors (Lipinski definition) is 1. The quantitative estimate of drug-likeness (QED) is 0.465. The lowest BCUT2D eigenvalue weighted by Crippen LogP contribution is -3.00. The van der Waals surface area contributed by atoms with Crippen molar-refractivity contribution in [2.24, 2.45) is 7.05 Å². The summed E-state index contributed by atoms with van der Waals surface area (Å²) in [6, 6.07) is 4.90. The van der Waals surface area contributed by atoms with Gasteiger partial charge < -0.3 is 29.3 Å². The van der Waals surface area contributed by atoms with Crippen LogP contribution in [0.25, 0.3) is 0 Å². The topological polar surface area (TPSA) is 15.9 Å². The summed E-state index contributed by atoms with van der Waals surface area (Å²) in [5, 5.41) is 3.49. The maximum absolute atomic E-state index is 3.49. The highest BCUT2D eigenvalue weighted by atomic mass is 127. The second kappa shape index (κ2) is 4.91. The Morgan fingerprint density at radius 2 is 2.38 bits per heavy atom. The summed E-state index contributed by atoms with van der Waals surface area (Å²) in [6.07, 6.45) is 6.86. The third-order valence-electron chi connectivity index (χ3n) is 2.43. The first-order chi connectivity index (χ1) is 5.86. The molecule has 0 aromatic carbocycles. The summed E-state index contributed by atoms with van der Waals surface area (Å²) < 4.78 is 2.11. The molecule has 0 spiro atoms. The summed E-state index contributed by atoms with van der Waals surface area (Å²) in [5.74, 6) is 0. The third kappa shape index (κ3) is 2.64. The van der Waals surface area contributed by atoms with Crippen molar-refractivity contribution >= 4 is 0 Å². The molecule has 0 bridgehead atoms. The van der Waals surface area contributed by atoms with Gasteiger partial charge in [-0.1, -0.05) is 0 Å². The third-order valence-corrected chi connectivity index (χ3v) is 2.43. The normalized spacial score (nSPS) is 21.2. The minimum absolute atomic E-state index is 0. The number of halogens is 1. The van der Waals surface area contributed by atoms with Crippen molar-refractivity contribution in [3.63, 3.8) is 0 Å². The molecule has 0 aliphatic carbocycles. The smallest absolute Gasteiger partial charge is 0.173 e. The number of rotatable bonds is 1. The molecule has 1 unspecified atom stereocenters. The Kier molecular flexibility index (Phi) is 4.12. The summed E-state index contributed by atoms with van der Waals surface area (Å²) >= 11 is 0. The Morgan fingerprint density at radius 3 is 3.00 bits per heavy atom. The van der Waals surface area contributed by atoms with Crippen LogP contribution >= 0.6 is 0 Å². The first-order valence-electron chi connectivity index (χ1n) is 4.55. The van der Waals surface area contributed by atoms with Crippen LogP contribution in [0.4, 0.5) is 0 Å². The van der Waals surface area contributed by atoms with Crippen LogP contribution in [0.5, 0.6) is 0 Å². The Hall–Kier alpha value is -0.160. The van der Waals surface area contributed by atoms with Crippen LogP contribution in [0, 0.1) is 0 Å². The Labute approximate surface area is 96.4 Å². The van der Waals surface area contributed by atoms with Gasteiger partial charge in [-0.2, -0.15) is 0 Å². The van der Waals surface area contributed by atoms with Crippen LogP contribution in [-0.4, -0.2) is 6.54 Å². The van der Waals surface area contributed by atoms with Crippen molar-refractivity contribution in [2.75, 3.05) is 6.54 Å². The number of nitrogens with zero attached hydrogens (tertiary/aromatic N) is 1. The van der Waals surface area contributed by atoms with Gasteiger partial charge in [0.15, 0.2) is 12.4 Å². The average Bonchev–Trinajstić information content (AvgIpc) is 2.56. The van der Waals surface area contributed by atoms with E-state index in [4.69, 9.17) is 0 Å². The first-order valence-corrected chi connectivity index (χ1v) is 4.55. The van der Waals surface area contributed by atoms with E-state index in [1.54, 1.807) is 0 Å². The molecule has 3 heteroatoms. The van der Waals surface area contributed by atoms with Crippen LogP contribution in [-0.2, 0) is 7.05 Å². The highest BCUT2D eigenvalue weighted by Gasteiger charge is 2.17. The summed E-state index contributed by atoms with van der Waals surface area (Å²) in [5.41, 5.74) is 1.41. The molecular formula is C10H15IN2. The Balaban J connectivity index is 0.000000845. The van der Waals surface area contributed by atoms with Crippen LogP contribution in [0.2, 0.25) is 0 Å². The molecule has 1 aliphatic rings. The van der Waals surface area contributed by atoms with Gasteiger partial charge in [0.25, 0.3) is 0 Å². The highest BCUT2D eigenvalue weighted by Crippen LogP contribution is 2.20. The van der Waals surface area contributed by atoms with Crippen molar-refractivity contribution in [3.8, 4) is 0 Å². The fraction of sp³-hybridized carbons (Fsp3) is 0.500. The predicted octanol–water partition coefficient (Wildman–Crippen LogP) is -2.06. The van der Waals surface area contributed by atoms with Crippen LogP contribution in [0.3, 0.4) is 0 Å². The molecule has 2 heterocycles. The maximum atomic E-state index is 3.49. The van der Waals surface area contributed by atoms with E-state index in [1.807, 2.05) is 0 Å². The molecule has 1 saturated heterocycles. The second-order valence-corrected chi connectivity index (χ2v) is 3.45. The number of hydrogen-bond acceptors (Lipinski definition) is 1. The summed E-state index contributed by atoms with van der Waals surface area (Å²) in [7, 11) is 2.07. The van der Waals surface area contributed by atoms with Gasteiger partial charge in [-0.3, -0.25) is 0 Å². The largest absolute Gasteiger partial charge is 1.00 e. The minimum atomic E-state index is 0. The molecule has 13 heavy (non-hydrogen) atoms. The average molecular weight is 290 g/mol. The zero-order valence-electron chi connectivity index (χ0n) is 7.83. The van der Waals surface area contributed by atoms with Crippen LogP contribution in [0.15, 0.2) is 24.5 Å². The maximum Gasteiger partial charge on any atom is 0.173 e. The lowest BCUT2D eigenvalue weighted by Gasteiger charge is -2.07. The fourth-order valence-electron chi connectivity index (χ4n) is 1.79. The molecular weight excluding hydrogens is 275 g/mol. The van der Waals surface area contributed by atoms with Gasteiger partial charge >= 0.3 is 0 Å². The molecule has 1 aromatic rings. The number of nitrogens with one attached hydrogen (secondary N) is 1. The molecule has 1 N–H and O–H groups in total. The molecule has 1 aliphatic heterocycles. The summed E-state index contributed by atoms with van der Waals surface area (Å²) in [6.45, 7) is 1.17. The van der Waals surface area contributed by atoms with Gasteiger partial charge in [0.05, 0.1) is 0 Å². The molecule has 1 aromatic heterocycles. The van der Waals surface area contributed by atoms with E-state index in [0.717, 1.165) is 0 Å². The van der Waals surface area contributed by atoms with Crippen LogP contribution in [0.1, 0.15) is 24.4 Å². The molecule has 0 radical (unpaired) electrons. The molecule has 0 saturated carbocycles. The van der Waals surface area contributed by atoms with Crippen molar-refractivity contribution in [1.29, 1.82) is 0 Å². The molecule has 1 fully saturated rings. The Bertz CT molecular complexity index is 269. The van der Waals surface area contributed by atoms with Gasteiger partial charge in [0.2, 0.25) is 0 Å². The van der Waals surface area contributed by atoms with Gasteiger partial charge in [-0.15, -0.1) is 0 Å². The second-order valence-electron chi connectivity index (χ2n) is 3.45. The molecule has 2 rings (SSSR count).